The SMILES string of the molecule is CC(=O)NCC(=Cc1ccc(C(=O)O)cc1O)B1OC(C)(C)C(C)(C)O1. The highest BCUT2D eigenvalue weighted by Gasteiger charge is 2.52. The van der Waals surface area contributed by atoms with Crippen molar-refractivity contribution in [3.63, 3.8) is 0 Å². The number of phenols is 1. The molecule has 1 aliphatic heterocycles. The standard InChI is InChI=1S/C18H24BNO6/c1-11(21)20-10-14(19-25-17(2,3)18(4,5)26-19)8-12-6-7-13(16(23)24)9-15(12)22/h6-9,22H,10H2,1-5H3,(H,20,21)(H,23,24). The number of aromatic hydroxyl groups is 1. The van der Waals surface area contributed by atoms with Crippen molar-refractivity contribution in [3.8, 4) is 5.75 Å². The first-order chi connectivity index (χ1) is 11.9. The largest absolute Gasteiger partial charge is 0.507 e. The highest BCUT2D eigenvalue weighted by Crippen LogP contribution is 2.39. The molecule has 0 radical (unpaired) electrons. The van der Waals surface area contributed by atoms with E-state index < -0.39 is 24.3 Å². The number of hydrogen-bond donors (Lipinski definition) is 3. The smallest absolute Gasteiger partial charge is 0.492 e. The quantitative estimate of drug-likeness (QED) is 0.695. The van der Waals surface area contributed by atoms with Gasteiger partial charge in [-0.25, -0.2) is 4.79 Å². The summed E-state index contributed by atoms with van der Waals surface area (Å²) >= 11 is 0. The molecule has 1 amide bonds. The van der Waals surface area contributed by atoms with Crippen molar-refractivity contribution in [3.05, 3.63) is 34.8 Å². The van der Waals surface area contributed by atoms with Crippen LogP contribution in [0.5, 0.6) is 5.75 Å². The zero-order valence-corrected chi connectivity index (χ0v) is 15.6. The van der Waals surface area contributed by atoms with Crippen LogP contribution >= 0.6 is 0 Å². The number of nitrogens with one attached hydrogen (secondary N) is 1. The van der Waals surface area contributed by atoms with Crippen molar-refractivity contribution in [1.29, 1.82) is 0 Å². The maximum Gasteiger partial charge on any atom is 0.492 e. The Kier molecular flexibility index (Phi) is 5.48. The summed E-state index contributed by atoms with van der Waals surface area (Å²) in [5, 5.41) is 21.8. The summed E-state index contributed by atoms with van der Waals surface area (Å²) in [6.45, 7) is 9.25. The van der Waals surface area contributed by atoms with Gasteiger partial charge in [-0.2, -0.15) is 0 Å². The first-order valence-corrected chi connectivity index (χ1v) is 8.30. The molecule has 7 nitrogen and oxygen atoms in total. The van der Waals surface area contributed by atoms with Gasteiger partial charge in [-0.3, -0.25) is 4.79 Å². The molecule has 0 atom stereocenters. The zero-order chi connectivity index (χ0) is 19.7. The van der Waals surface area contributed by atoms with E-state index >= 15 is 0 Å². The average Bonchev–Trinajstić information content (AvgIpc) is 2.72. The molecule has 1 aromatic carbocycles. The molecule has 26 heavy (non-hydrogen) atoms. The summed E-state index contributed by atoms with van der Waals surface area (Å²) in [6.07, 6.45) is 1.64. The van der Waals surface area contributed by atoms with E-state index in [-0.39, 0.29) is 23.8 Å². The van der Waals surface area contributed by atoms with Crippen molar-refractivity contribution in [2.24, 2.45) is 0 Å². The first kappa shape index (κ1) is 20.0. The van der Waals surface area contributed by atoms with Gasteiger partial charge in [0, 0.05) is 19.0 Å². The summed E-state index contributed by atoms with van der Waals surface area (Å²) in [5.41, 5.74) is -0.106. The summed E-state index contributed by atoms with van der Waals surface area (Å²) < 4.78 is 12.0. The summed E-state index contributed by atoms with van der Waals surface area (Å²) in [5.74, 6) is -1.51. The van der Waals surface area contributed by atoms with Crippen LogP contribution in [0.4, 0.5) is 0 Å². The predicted molar refractivity (Wildman–Crippen MR) is 97.8 cm³/mol. The number of carboxylic acid groups (broad SMARTS) is 1. The molecule has 1 aromatic rings. The second kappa shape index (κ2) is 7.13. The Morgan fingerprint density at radius 3 is 2.23 bits per heavy atom. The molecule has 0 unspecified atom stereocenters. The van der Waals surface area contributed by atoms with E-state index in [1.165, 1.54) is 25.1 Å². The van der Waals surface area contributed by atoms with Crippen molar-refractivity contribution in [1.82, 2.24) is 5.32 Å². The highest BCUT2D eigenvalue weighted by atomic mass is 16.7. The number of carbonyl (C=O) groups is 2. The Bertz CT molecular complexity index is 740. The lowest BCUT2D eigenvalue weighted by Gasteiger charge is -2.32. The highest BCUT2D eigenvalue weighted by molar-refractivity contribution is 6.56. The van der Waals surface area contributed by atoms with Gasteiger partial charge in [-0.05, 0) is 45.3 Å². The van der Waals surface area contributed by atoms with Crippen molar-refractivity contribution in [2.75, 3.05) is 6.54 Å². The minimum Gasteiger partial charge on any atom is -0.507 e. The van der Waals surface area contributed by atoms with E-state index in [0.717, 1.165) is 0 Å². The van der Waals surface area contributed by atoms with Gasteiger partial charge in [0.25, 0.3) is 0 Å². The molecule has 0 bridgehead atoms. The Morgan fingerprint density at radius 2 is 1.77 bits per heavy atom. The lowest BCUT2D eigenvalue weighted by Crippen LogP contribution is -2.41. The van der Waals surface area contributed by atoms with Gasteiger partial charge in [0.15, 0.2) is 0 Å². The van der Waals surface area contributed by atoms with Gasteiger partial charge in [-0.15, -0.1) is 0 Å². The van der Waals surface area contributed by atoms with E-state index in [2.05, 4.69) is 5.32 Å². The van der Waals surface area contributed by atoms with Gasteiger partial charge in [-0.1, -0.05) is 12.1 Å². The van der Waals surface area contributed by atoms with Gasteiger partial charge in [0.05, 0.1) is 16.8 Å². The van der Waals surface area contributed by atoms with Crippen LogP contribution in [0, 0.1) is 0 Å². The van der Waals surface area contributed by atoms with E-state index in [4.69, 9.17) is 14.4 Å². The average molecular weight is 361 g/mol. The van der Waals surface area contributed by atoms with Gasteiger partial charge >= 0.3 is 13.1 Å². The molecule has 1 heterocycles. The maximum absolute atomic E-state index is 11.3. The third-order valence-electron chi connectivity index (χ3n) is 4.72. The Morgan fingerprint density at radius 1 is 1.19 bits per heavy atom. The second-order valence-corrected chi connectivity index (χ2v) is 7.30. The van der Waals surface area contributed by atoms with Crippen LogP contribution in [0.2, 0.25) is 0 Å². The van der Waals surface area contributed by atoms with E-state index in [1.807, 2.05) is 27.7 Å². The molecule has 0 aromatic heterocycles. The minimum atomic E-state index is -1.12. The number of aromatic carboxylic acids is 1. The molecule has 8 heteroatoms. The van der Waals surface area contributed by atoms with Crippen molar-refractivity contribution < 1.29 is 29.1 Å². The number of phenolic OH excluding ortho intramolecular Hbond substituents is 1. The molecular formula is C18H24BNO6. The molecular weight excluding hydrogens is 337 g/mol. The van der Waals surface area contributed by atoms with Gasteiger partial charge in [0.1, 0.15) is 5.75 Å². The summed E-state index contributed by atoms with van der Waals surface area (Å²) in [7, 11) is -0.703. The van der Waals surface area contributed by atoms with E-state index in [0.29, 0.717) is 11.0 Å². The number of hydrogen-bond acceptors (Lipinski definition) is 5. The topological polar surface area (TPSA) is 105 Å². The van der Waals surface area contributed by atoms with Crippen LogP contribution in [0.25, 0.3) is 6.08 Å². The molecule has 140 valence electrons. The molecule has 0 saturated carbocycles. The lowest BCUT2D eigenvalue weighted by atomic mass is 9.77. The number of benzene rings is 1. The molecule has 1 fully saturated rings. The van der Waals surface area contributed by atoms with Crippen molar-refractivity contribution in [2.45, 2.75) is 45.8 Å². The van der Waals surface area contributed by atoms with Crippen LogP contribution in [-0.4, -0.2) is 47.0 Å². The lowest BCUT2D eigenvalue weighted by molar-refractivity contribution is -0.118. The normalized spacial score (nSPS) is 18.7. The van der Waals surface area contributed by atoms with Crippen molar-refractivity contribution >= 4 is 25.1 Å². The number of rotatable bonds is 5. The zero-order valence-electron chi connectivity index (χ0n) is 15.6. The second-order valence-electron chi connectivity index (χ2n) is 7.30. The fourth-order valence-electron chi connectivity index (χ4n) is 2.42. The summed E-state index contributed by atoms with van der Waals surface area (Å²) in [6, 6.07) is 4.07. The van der Waals surface area contributed by atoms with Crippen LogP contribution < -0.4 is 5.32 Å². The third kappa shape index (κ3) is 4.26. The maximum atomic E-state index is 11.3. The number of carbonyl (C=O) groups excluding carboxylic acids is 1. The van der Waals surface area contributed by atoms with Gasteiger partial charge in [0.2, 0.25) is 5.91 Å². The molecule has 1 saturated heterocycles. The van der Waals surface area contributed by atoms with Crippen LogP contribution in [0.15, 0.2) is 23.7 Å². The van der Waals surface area contributed by atoms with E-state index in [9.17, 15) is 14.7 Å². The fourth-order valence-corrected chi connectivity index (χ4v) is 2.42. The Hall–Kier alpha value is -2.32. The van der Waals surface area contributed by atoms with Crippen LogP contribution in [0.3, 0.4) is 0 Å². The van der Waals surface area contributed by atoms with Crippen LogP contribution in [-0.2, 0) is 14.1 Å². The third-order valence-corrected chi connectivity index (χ3v) is 4.72. The molecule has 1 aliphatic rings. The molecule has 0 aliphatic carbocycles. The minimum absolute atomic E-state index is 0.0151. The molecule has 2 rings (SSSR count). The molecule has 3 N–H and O–H groups in total. The predicted octanol–water partition coefficient (Wildman–Crippen LogP) is 2.24. The fraction of sp³-hybridized carbons (Fsp3) is 0.444. The Balaban J connectivity index is 2.38. The summed E-state index contributed by atoms with van der Waals surface area (Å²) in [4.78, 5) is 22.3. The van der Waals surface area contributed by atoms with E-state index in [1.54, 1.807) is 6.08 Å². The van der Waals surface area contributed by atoms with Gasteiger partial charge < -0.3 is 24.8 Å². The number of amides is 1. The van der Waals surface area contributed by atoms with Crippen LogP contribution in [0.1, 0.15) is 50.5 Å². The monoisotopic (exact) mass is 361 g/mol. The number of carboxylic acids is 1. The Labute approximate surface area is 153 Å². The molecule has 0 spiro atoms. The first-order valence-electron chi connectivity index (χ1n) is 8.30.